The summed E-state index contributed by atoms with van der Waals surface area (Å²) in [6.45, 7) is 0. The Morgan fingerprint density at radius 1 is 0.373 bits per heavy atom. The molecule has 8 aromatic carbocycles. The third kappa shape index (κ3) is 4.73. The Hall–Kier alpha value is -7.22. The molecule has 4 aliphatic rings. The summed E-state index contributed by atoms with van der Waals surface area (Å²) in [5, 5.41) is 0. The molecule has 0 aliphatic heterocycles. The first-order valence-corrected chi connectivity index (χ1v) is 20.9. The highest BCUT2D eigenvalue weighted by Gasteiger charge is 2.59. The van der Waals surface area contributed by atoms with Gasteiger partial charge in [-0.25, -0.2) is 0 Å². The Bertz CT molecular complexity index is 2950. The molecule has 0 saturated heterocycles. The van der Waals surface area contributed by atoms with E-state index in [-0.39, 0.29) is 5.41 Å². The normalized spacial score (nSPS) is 17.4. The van der Waals surface area contributed by atoms with E-state index in [4.69, 9.17) is 0 Å². The van der Waals surface area contributed by atoms with Crippen LogP contribution in [0.2, 0.25) is 0 Å². The number of hydrogen-bond acceptors (Lipinski definition) is 1. The molecule has 0 fully saturated rings. The van der Waals surface area contributed by atoms with Crippen LogP contribution in [0.5, 0.6) is 0 Å². The predicted octanol–water partition coefficient (Wildman–Crippen LogP) is 14.5. The second-order valence-electron chi connectivity index (χ2n) is 16.3. The summed E-state index contributed by atoms with van der Waals surface area (Å²) in [5.74, 6) is 0. The lowest BCUT2D eigenvalue weighted by Gasteiger charge is -2.50. The standard InChI is InChI=1S/C58H41N/c1-3-17-42(18-4-1)59(43-19-5-2-6-20-43)44-36-33-40(34-37-44)31-32-41-35-38-55-56(39-41)58(51-27-13-9-23-47(51)48-24-10-14-28-52(48)58)54-30-16-15-29-53(54)57(55)49-25-11-7-21-45(49)46-22-8-12-26-50(46)57/h1-11,13-25,27-39H,12,26H2/b32-31+. The molecule has 1 heteroatoms. The van der Waals surface area contributed by atoms with Gasteiger partial charge in [0, 0.05) is 17.1 Å². The van der Waals surface area contributed by atoms with Gasteiger partial charge >= 0.3 is 0 Å². The van der Waals surface area contributed by atoms with E-state index in [9.17, 15) is 0 Å². The van der Waals surface area contributed by atoms with Crippen molar-refractivity contribution < 1.29 is 0 Å². The molecule has 0 amide bonds. The van der Waals surface area contributed by atoms with Gasteiger partial charge in [-0.1, -0.05) is 182 Å². The van der Waals surface area contributed by atoms with Gasteiger partial charge in [-0.2, -0.15) is 0 Å². The fraction of sp³-hybridized carbons (Fsp3) is 0.0690. The fourth-order valence-electron chi connectivity index (χ4n) is 11.2. The minimum Gasteiger partial charge on any atom is -0.311 e. The second kappa shape index (κ2) is 13.2. The second-order valence-corrected chi connectivity index (χ2v) is 16.3. The van der Waals surface area contributed by atoms with Crippen molar-refractivity contribution in [1.29, 1.82) is 0 Å². The van der Waals surface area contributed by atoms with Gasteiger partial charge in [0.1, 0.15) is 0 Å². The highest BCUT2D eigenvalue weighted by Crippen LogP contribution is 2.67. The van der Waals surface area contributed by atoms with E-state index in [2.05, 4.69) is 229 Å². The number of nitrogens with zero attached hydrogens (tertiary/aromatic N) is 1. The number of allylic oxidation sites excluding steroid dienone is 4. The molecular weight excluding hydrogens is 711 g/mol. The van der Waals surface area contributed by atoms with Crippen molar-refractivity contribution in [3.05, 3.63) is 274 Å². The topological polar surface area (TPSA) is 3.24 Å². The molecule has 0 heterocycles. The maximum atomic E-state index is 2.53. The van der Waals surface area contributed by atoms with Crippen LogP contribution in [0.4, 0.5) is 17.1 Å². The Balaban J connectivity index is 1.06. The molecule has 0 aromatic heterocycles. The highest BCUT2D eigenvalue weighted by molar-refractivity contribution is 5.95. The SMILES string of the molecule is C1=CC2=C(CC1)C1(c3ccccc32)c2ccccc2C2(c3ccccc3-c3ccccc32)c2cc(/C=C/c3ccc(N(c4ccccc4)c4ccccc4)cc3)ccc21. The van der Waals surface area contributed by atoms with Gasteiger partial charge in [-0.05, 0) is 133 Å². The molecule has 0 N–H and O–H groups in total. The zero-order valence-electron chi connectivity index (χ0n) is 32.7. The zero-order chi connectivity index (χ0) is 39.0. The molecule has 1 unspecified atom stereocenters. The van der Waals surface area contributed by atoms with Crippen molar-refractivity contribution in [3.8, 4) is 11.1 Å². The number of anilines is 3. The van der Waals surface area contributed by atoms with Crippen LogP contribution in [-0.2, 0) is 10.8 Å². The molecule has 12 rings (SSSR count). The summed E-state index contributed by atoms with van der Waals surface area (Å²) in [6, 6.07) is 74.5. The van der Waals surface area contributed by atoms with Crippen LogP contribution < -0.4 is 4.90 Å². The quantitative estimate of drug-likeness (QED) is 0.158. The molecule has 1 atom stereocenters. The first-order chi connectivity index (χ1) is 29.3. The summed E-state index contributed by atoms with van der Waals surface area (Å²) >= 11 is 0. The fourth-order valence-corrected chi connectivity index (χ4v) is 11.2. The minimum atomic E-state index is -0.475. The Kier molecular flexibility index (Phi) is 7.56. The zero-order valence-corrected chi connectivity index (χ0v) is 32.7. The van der Waals surface area contributed by atoms with E-state index in [0.29, 0.717) is 0 Å². The van der Waals surface area contributed by atoms with Crippen molar-refractivity contribution in [1.82, 2.24) is 0 Å². The number of fused-ring (bicyclic) bond motifs is 15. The van der Waals surface area contributed by atoms with Crippen molar-refractivity contribution in [2.75, 3.05) is 4.90 Å². The van der Waals surface area contributed by atoms with E-state index < -0.39 is 5.41 Å². The van der Waals surface area contributed by atoms with Crippen molar-refractivity contribution >= 4 is 34.8 Å². The van der Waals surface area contributed by atoms with Crippen LogP contribution in [0.25, 0.3) is 28.9 Å². The van der Waals surface area contributed by atoms with Crippen LogP contribution in [0.15, 0.2) is 218 Å². The molecule has 0 saturated carbocycles. The van der Waals surface area contributed by atoms with Gasteiger partial charge in [-0.15, -0.1) is 0 Å². The number of hydrogen-bond donors (Lipinski definition) is 0. The smallest absolute Gasteiger partial charge is 0.0720 e. The van der Waals surface area contributed by atoms with Gasteiger partial charge in [0.15, 0.2) is 0 Å². The predicted molar refractivity (Wildman–Crippen MR) is 245 cm³/mol. The molecule has 0 radical (unpaired) electrons. The molecule has 1 nitrogen and oxygen atoms in total. The summed E-state index contributed by atoms with van der Waals surface area (Å²) < 4.78 is 0. The van der Waals surface area contributed by atoms with Crippen LogP contribution in [0.1, 0.15) is 68.5 Å². The number of para-hydroxylation sites is 2. The lowest BCUT2D eigenvalue weighted by molar-refractivity contribution is 0.605. The van der Waals surface area contributed by atoms with Crippen molar-refractivity contribution in [2.24, 2.45) is 0 Å². The summed E-state index contributed by atoms with van der Waals surface area (Å²) in [6.07, 6.45) is 11.5. The molecule has 278 valence electrons. The summed E-state index contributed by atoms with van der Waals surface area (Å²) in [5.41, 5.74) is 21.6. The number of rotatable bonds is 5. The molecular formula is C58H41N. The van der Waals surface area contributed by atoms with E-state index >= 15 is 0 Å². The maximum absolute atomic E-state index is 2.53. The lowest BCUT2D eigenvalue weighted by Crippen LogP contribution is -2.44. The van der Waals surface area contributed by atoms with Crippen LogP contribution >= 0.6 is 0 Å². The molecule has 59 heavy (non-hydrogen) atoms. The average Bonchev–Trinajstić information content (AvgIpc) is 3.77. The molecule has 8 aromatic rings. The van der Waals surface area contributed by atoms with Crippen molar-refractivity contribution in [3.63, 3.8) is 0 Å². The van der Waals surface area contributed by atoms with E-state index in [1.807, 2.05) is 0 Å². The first-order valence-electron chi connectivity index (χ1n) is 20.9. The van der Waals surface area contributed by atoms with Gasteiger partial charge in [0.2, 0.25) is 0 Å². The van der Waals surface area contributed by atoms with Crippen LogP contribution in [-0.4, -0.2) is 0 Å². The van der Waals surface area contributed by atoms with Gasteiger partial charge in [-0.3, -0.25) is 0 Å². The maximum Gasteiger partial charge on any atom is 0.0720 e. The molecule has 4 aliphatic carbocycles. The van der Waals surface area contributed by atoms with E-state index in [1.54, 1.807) is 0 Å². The molecule has 2 spiro atoms. The average molecular weight is 752 g/mol. The lowest BCUT2D eigenvalue weighted by atomic mass is 9.51. The van der Waals surface area contributed by atoms with Crippen molar-refractivity contribution in [2.45, 2.75) is 23.7 Å². The molecule has 0 bridgehead atoms. The number of benzene rings is 8. The van der Waals surface area contributed by atoms with E-state index in [0.717, 1.165) is 35.5 Å². The summed E-state index contributed by atoms with van der Waals surface area (Å²) in [4.78, 5) is 2.31. The Morgan fingerprint density at radius 3 is 1.46 bits per heavy atom. The minimum absolute atomic E-state index is 0.387. The Labute approximate surface area is 346 Å². The van der Waals surface area contributed by atoms with Gasteiger partial charge in [0.25, 0.3) is 0 Å². The third-order valence-electron chi connectivity index (χ3n) is 13.4. The highest BCUT2D eigenvalue weighted by atomic mass is 15.1. The monoisotopic (exact) mass is 751 g/mol. The van der Waals surface area contributed by atoms with E-state index in [1.165, 1.54) is 72.3 Å². The summed E-state index contributed by atoms with van der Waals surface area (Å²) in [7, 11) is 0. The van der Waals surface area contributed by atoms with Gasteiger partial charge in [0.05, 0.1) is 10.8 Å². The largest absolute Gasteiger partial charge is 0.311 e. The third-order valence-corrected chi connectivity index (χ3v) is 13.4. The first kappa shape index (κ1) is 33.9. The van der Waals surface area contributed by atoms with Crippen LogP contribution in [0, 0.1) is 0 Å². The Morgan fingerprint density at radius 2 is 0.831 bits per heavy atom. The van der Waals surface area contributed by atoms with Gasteiger partial charge < -0.3 is 4.90 Å². The van der Waals surface area contributed by atoms with Crippen LogP contribution in [0.3, 0.4) is 0 Å².